The zero-order valence-corrected chi connectivity index (χ0v) is 13.2. The molecule has 0 saturated heterocycles. The Morgan fingerprint density at radius 1 is 1.25 bits per heavy atom. The number of aliphatic imine (C=N–C) groups is 1. The third-order valence-corrected chi connectivity index (χ3v) is 3.42. The fraction of sp³-hybridized carbons (Fsp3) is 0.733. The maximum Gasteiger partial charge on any atom is 0.191 e. The third kappa shape index (κ3) is 5.63. The van der Waals surface area contributed by atoms with Crippen LogP contribution in [0.25, 0.3) is 0 Å². The predicted octanol–water partition coefficient (Wildman–Crippen LogP) is 2.73. The van der Waals surface area contributed by atoms with Gasteiger partial charge in [-0.15, -0.1) is 0 Å². The van der Waals surface area contributed by atoms with Gasteiger partial charge in [0.25, 0.3) is 0 Å². The van der Waals surface area contributed by atoms with E-state index in [1.807, 2.05) is 6.07 Å². The molecule has 1 aromatic heterocycles. The SMILES string of the molecule is CCNC(=NCc1cc(CC)no1)NCC(CC)CC. The van der Waals surface area contributed by atoms with Crippen molar-refractivity contribution in [3.05, 3.63) is 17.5 Å². The molecule has 0 aliphatic heterocycles. The van der Waals surface area contributed by atoms with Crippen LogP contribution in [0.1, 0.15) is 52.0 Å². The van der Waals surface area contributed by atoms with Gasteiger partial charge in [-0.2, -0.15) is 0 Å². The van der Waals surface area contributed by atoms with Crippen LogP contribution in [0.5, 0.6) is 0 Å². The molecule has 1 rings (SSSR count). The van der Waals surface area contributed by atoms with Crippen molar-refractivity contribution < 1.29 is 4.52 Å². The predicted molar refractivity (Wildman–Crippen MR) is 82.8 cm³/mol. The lowest BCUT2D eigenvalue weighted by Gasteiger charge is -2.16. The lowest BCUT2D eigenvalue weighted by molar-refractivity contribution is 0.379. The number of guanidine groups is 1. The average Bonchev–Trinajstić information content (AvgIpc) is 2.93. The minimum atomic E-state index is 0.519. The highest BCUT2D eigenvalue weighted by Gasteiger charge is 2.06. The van der Waals surface area contributed by atoms with E-state index < -0.39 is 0 Å². The van der Waals surface area contributed by atoms with Crippen molar-refractivity contribution in [2.24, 2.45) is 10.9 Å². The van der Waals surface area contributed by atoms with Gasteiger partial charge in [-0.3, -0.25) is 0 Å². The number of rotatable bonds is 8. The van der Waals surface area contributed by atoms with Gasteiger partial charge < -0.3 is 15.2 Å². The van der Waals surface area contributed by atoms with Crippen LogP contribution in [0, 0.1) is 5.92 Å². The first-order valence-electron chi connectivity index (χ1n) is 7.69. The summed E-state index contributed by atoms with van der Waals surface area (Å²) < 4.78 is 5.24. The van der Waals surface area contributed by atoms with Gasteiger partial charge in [-0.1, -0.05) is 38.8 Å². The van der Waals surface area contributed by atoms with Gasteiger partial charge in [0.1, 0.15) is 6.54 Å². The summed E-state index contributed by atoms with van der Waals surface area (Å²) in [6, 6.07) is 1.97. The Bertz CT molecular complexity index is 396. The van der Waals surface area contributed by atoms with Crippen LogP contribution in [0.4, 0.5) is 0 Å². The molecule has 0 fully saturated rings. The minimum Gasteiger partial charge on any atom is -0.359 e. The van der Waals surface area contributed by atoms with Gasteiger partial charge in [0, 0.05) is 19.2 Å². The zero-order valence-electron chi connectivity index (χ0n) is 13.2. The Labute approximate surface area is 122 Å². The lowest BCUT2D eigenvalue weighted by atomic mass is 10.0. The molecule has 20 heavy (non-hydrogen) atoms. The molecule has 1 heterocycles. The average molecular weight is 280 g/mol. The van der Waals surface area contributed by atoms with Gasteiger partial charge >= 0.3 is 0 Å². The van der Waals surface area contributed by atoms with E-state index in [-0.39, 0.29) is 0 Å². The Hall–Kier alpha value is -1.52. The number of hydrogen-bond donors (Lipinski definition) is 2. The molecule has 0 aromatic carbocycles. The van der Waals surface area contributed by atoms with E-state index in [0.29, 0.717) is 12.5 Å². The lowest BCUT2D eigenvalue weighted by Crippen LogP contribution is -2.39. The number of hydrogen-bond acceptors (Lipinski definition) is 3. The smallest absolute Gasteiger partial charge is 0.191 e. The van der Waals surface area contributed by atoms with Gasteiger partial charge in [-0.05, 0) is 19.3 Å². The molecule has 0 atom stereocenters. The maximum absolute atomic E-state index is 5.24. The highest BCUT2D eigenvalue weighted by atomic mass is 16.5. The Kier molecular flexibility index (Phi) is 7.77. The molecule has 0 aliphatic carbocycles. The van der Waals surface area contributed by atoms with Crippen LogP contribution in [0.2, 0.25) is 0 Å². The molecular formula is C15H28N4O. The highest BCUT2D eigenvalue weighted by Crippen LogP contribution is 2.06. The standard InChI is InChI=1S/C15H28N4O/c1-5-12(6-2)10-17-15(16-8-4)18-11-14-9-13(7-3)19-20-14/h9,12H,5-8,10-11H2,1-4H3,(H2,16,17,18). The molecule has 5 heteroatoms. The summed E-state index contributed by atoms with van der Waals surface area (Å²) in [5.74, 6) is 2.34. The Balaban J connectivity index is 2.53. The first kappa shape index (κ1) is 16.5. The highest BCUT2D eigenvalue weighted by molar-refractivity contribution is 5.79. The quantitative estimate of drug-likeness (QED) is 0.568. The van der Waals surface area contributed by atoms with Crippen LogP contribution in [0.3, 0.4) is 0 Å². The van der Waals surface area contributed by atoms with Crippen LogP contribution in [-0.2, 0) is 13.0 Å². The summed E-state index contributed by atoms with van der Waals surface area (Å²) >= 11 is 0. The molecule has 0 saturated carbocycles. The molecule has 0 amide bonds. The molecule has 0 radical (unpaired) electrons. The zero-order chi connectivity index (χ0) is 14.8. The van der Waals surface area contributed by atoms with E-state index >= 15 is 0 Å². The van der Waals surface area contributed by atoms with Crippen LogP contribution >= 0.6 is 0 Å². The van der Waals surface area contributed by atoms with Gasteiger partial charge in [0.15, 0.2) is 11.7 Å². The minimum absolute atomic E-state index is 0.519. The molecule has 0 aliphatic rings. The van der Waals surface area contributed by atoms with E-state index in [1.54, 1.807) is 0 Å². The van der Waals surface area contributed by atoms with E-state index in [1.165, 1.54) is 12.8 Å². The number of nitrogens with zero attached hydrogens (tertiary/aromatic N) is 2. The second-order valence-electron chi connectivity index (χ2n) is 4.90. The van der Waals surface area contributed by atoms with E-state index in [2.05, 4.69) is 48.5 Å². The first-order chi connectivity index (χ1) is 9.73. The molecular weight excluding hydrogens is 252 g/mol. The van der Waals surface area contributed by atoms with Crippen molar-refractivity contribution >= 4 is 5.96 Å². The largest absolute Gasteiger partial charge is 0.359 e. The summed E-state index contributed by atoms with van der Waals surface area (Å²) in [7, 11) is 0. The molecule has 114 valence electrons. The van der Waals surface area contributed by atoms with Crippen LogP contribution in [0.15, 0.2) is 15.6 Å². The van der Waals surface area contributed by atoms with E-state index in [9.17, 15) is 0 Å². The molecule has 0 unspecified atom stereocenters. The van der Waals surface area contributed by atoms with E-state index in [4.69, 9.17) is 4.52 Å². The molecule has 0 spiro atoms. The second-order valence-corrected chi connectivity index (χ2v) is 4.90. The van der Waals surface area contributed by atoms with E-state index in [0.717, 1.165) is 36.9 Å². The van der Waals surface area contributed by atoms with Gasteiger partial charge in [-0.25, -0.2) is 4.99 Å². The number of aryl methyl sites for hydroxylation is 1. The van der Waals surface area contributed by atoms with Crippen LogP contribution in [-0.4, -0.2) is 24.2 Å². The third-order valence-electron chi connectivity index (χ3n) is 3.42. The topological polar surface area (TPSA) is 62.5 Å². The molecule has 1 aromatic rings. The summed E-state index contributed by atoms with van der Waals surface area (Å²) in [6.07, 6.45) is 3.26. The summed E-state index contributed by atoms with van der Waals surface area (Å²) in [6.45, 7) is 10.9. The van der Waals surface area contributed by atoms with Gasteiger partial charge in [0.05, 0.1) is 5.69 Å². The van der Waals surface area contributed by atoms with Gasteiger partial charge in [0.2, 0.25) is 0 Å². The number of aromatic nitrogens is 1. The summed E-state index contributed by atoms with van der Waals surface area (Å²) in [4.78, 5) is 4.53. The van der Waals surface area contributed by atoms with Crippen LogP contribution < -0.4 is 10.6 Å². The second kappa shape index (κ2) is 9.39. The normalized spacial score (nSPS) is 11.9. The fourth-order valence-corrected chi connectivity index (χ4v) is 1.91. The monoisotopic (exact) mass is 280 g/mol. The molecule has 2 N–H and O–H groups in total. The Morgan fingerprint density at radius 2 is 2.00 bits per heavy atom. The Morgan fingerprint density at radius 3 is 2.55 bits per heavy atom. The first-order valence-corrected chi connectivity index (χ1v) is 7.69. The fourth-order valence-electron chi connectivity index (χ4n) is 1.91. The van der Waals surface area contributed by atoms with Crippen molar-refractivity contribution in [3.63, 3.8) is 0 Å². The van der Waals surface area contributed by atoms with Crippen molar-refractivity contribution in [2.45, 2.75) is 53.5 Å². The molecule has 0 bridgehead atoms. The van der Waals surface area contributed by atoms with Crippen molar-refractivity contribution in [1.82, 2.24) is 15.8 Å². The molecule has 5 nitrogen and oxygen atoms in total. The van der Waals surface area contributed by atoms with Crippen molar-refractivity contribution in [1.29, 1.82) is 0 Å². The van der Waals surface area contributed by atoms with Crippen molar-refractivity contribution in [3.8, 4) is 0 Å². The van der Waals surface area contributed by atoms with Crippen molar-refractivity contribution in [2.75, 3.05) is 13.1 Å². The number of nitrogens with one attached hydrogen (secondary N) is 2. The summed E-state index contributed by atoms with van der Waals surface area (Å²) in [5.41, 5.74) is 0.977. The maximum atomic E-state index is 5.24. The summed E-state index contributed by atoms with van der Waals surface area (Å²) in [5, 5.41) is 10.6.